The zero-order chi connectivity index (χ0) is 10.9. The first-order chi connectivity index (χ1) is 7.09. The van der Waals surface area contributed by atoms with Crippen molar-refractivity contribution in [3.63, 3.8) is 0 Å². The molecule has 1 aromatic rings. The van der Waals surface area contributed by atoms with Crippen LogP contribution in [0.15, 0.2) is 18.2 Å². The Morgan fingerprint density at radius 2 is 1.40 bits per heavy atom. The summed E-state index contributed by atoms with van der Waals surface area (Å²) in [7, 11) is 0. The highest BCUT2D eigenvalue weighted by Crippen LogP contribution is 2.32. The molecule has 0 fully saturated rings. The first kappa shape index (κ1) is 10.7. The molecule has 0 aromatic heterocycles. The monoisotopic (exact) mass is 202 g/mol. The molecule has 82 valence electrons. The Hall–Kier alpha value is -0.780. The molecule has 0 nitrogen and oxygen atoms in total. The van der Waals surface area contributed by atoms with E-state index in [1.807, 2.05) is 0 Å². The highest BCUT2D eigenvalue weighted by atomic mass is 14.3. The highest BCUT2D eigenvalue weighted by Gasteiger charge is 2.22. The van der Waals surface area contributed by atoms with E-state index in [-0.39, 0.29) is 0 Å². The Kier molecular flexibility index (Phi) is 2.86. The molecular formula is C15H22. The van der Waals surface area contributed by atoms with Crippen molar-refractivity contribution < 1.29 is 0 Å². The van der Waals surface area contributed by atoms with Crippen LogP contribution >= 0.6 is 0 Å². The van der Waals surface area contributed by atoms with E-state index in [0.29, 0.717) is 5.41 Å². The average Bonchev–Trinajstić information content (AvgIpc) is 2.13. The lowest BCUT2D eigenvalue weighted by Gasteiger charge is -2.28. The van der Waals surface area contributed by atoms with Gasteiger partial charge in [0, 0.05) is 0 Å². The van der Waals surface area contributed by atoms with Gasteiger partial charge in [0.25, 0.3) is 0 Å². The van der Waals surface area contributed by atoms with Crippen molar-refractivity contribution in [1.82, 2.24) is 0 Å². The molecule has 0 unspecified atom stereocenters. The molecule has 0 spiro atoms. The Bertz CT molecular complexity index is 317. The maximum atomic E-state index is 2.34. The summed E-state index contributed by atoms with van der Waals surface area (Å²) in [6, 6.07) is 6.90. The number of hydrogen-bond donors (Lipinski definition) is 0. The van der Waals surface area contributed by atoms with Gasteiger partial charge < -0.3 is 0 Å². The highest BCUT2D eigenvalue weighted by molar-refractivity contribution is 5.40. The van der Waals surface area contributed by atoms with Crippen LogP contribution in [0.25, 0.3) is 0 Å². The molecule has 0 amide bonds. The van der Waals surface area contributed by atoms with Gasteiger partial charge in [0.15, 0.2) is 0 Å². The van der Waals surface area contributed by atoms with E-state index in [1.54, 1.807) is 16.7 Å². The van der Waals surface area contributed by atoms with Crippen molar-refractivity contribution in [3.05, 3.63) is 34.9 Å². The smallest absolute Gasteiger partial charge is 0.0126 e. The first-order valence-corrected chi connectivity index (χ1v) is 6.20. The molecule has 0 radical (unpaired) electrons. The van der Waals surface area contributed by atoms with Gasteiger partial charge in [-0.2, -0.15) is 0 Å². The Labute approximate surface area is 93.7 Å². The lowest BCUT2D eigenvalue weighted by molar-refractivity contribution is 0.555. The topological polar surface area (TPSA) is 0 Å². The molecular weight excluding hydrogens is 180 g/mol. The number of aryl methyl sites for hydroxylation is 2. The quantitative estimate of drug-likeness (QED) is 0.590. The second kappa shape index (κ2) is 4.00. The molecule has 0 saturated carbocycles. The molecule has 0 N–H and O–H groups in total. The van der Waals surface area contributed by atoms with Crippen LogP contribution in [0, 0.1) is 0 Å². The van der Waals surface area contributed by atoms with Gasteiger partial charge in [0.05, 0.1) is 0 Å². The molecule has 2 rings (SSSR count). The maximum absolute atomic E-state index is 2.34. The van der Waals surface area contributed by atoms with Gasteiger partial charge in [0.2, 0.25) is 0 Å². The van der Waals surface area contributed by atoms with Gasteiger partial charge >= 0.3 is 0 Å². The van der Waals surface area contributed by atoms with Crippen LogP contribution < -0.4 is 0 Å². The third-order valence-electron chi connectivity index (χ3n) is 3.38. The SMILES string of the molecule is CC(C)(C)c1c2cccc1CCCCC2. The summed E-state index contributed by atoms with van der Waals surface area (Å²) in [5, 5.41) is 0. The van der Waals surface area contributed by atoms with Gasteiger partial charge in [0.1, 0.15) is 0 Å². The van der Waals surface area contributed by atoms with Crippen LogP contribution in [0.2, 0.25) is 0 Å². The van der Waals surface area contributed by atoms with E-state index in [4.69, 9.17) is 0 Å². The summed E-state index contributed by atoms with van der Waals surface area (Å²) in [5.41, 5.74) is 5.13. The van der Waals surface area contributed by atoms with Gasteiger partial charge in [-0.05, 0) is 47.8 Å². The van der Waals surface area contributed by atoms with Gasteiger partial charge in [-0.3, -0.25) is 0 Å². The zero-order valence-electron chi connectivity index (χ0n) is 10.3. The van der Waals surface area contributed by atoms with Crippen molar-refractivity contribution in [1.29, 1.82) is 0 Å². The summed E-state index contributed by atoms with van der Waals surface area (Å²) in [5.74, 6) is 0. The van der Waals surface area contributed by atoms with Crippen molar-refractivity contribution in [2.75, 3.05) is 0 Å². The van der Waals surface area contributed by atoms with Crippen LogP contribution in [-0.4, -0.2) is 0 Å². The minimum absolute atomic E-state index is 0.309. The number of rotatable bonds is 0. The zero-order valence-corrected chi connectivity index (χ0v) is 10.3. The van der Waals surface area contributed by atoms with Gasteiger partial charge in [-0.1, -0.05) is 45.4 Å². The number of fused-ring (bicyclic) bond motifs is 2. The molecule has 0 aliphatic heterocycles. The van der Waals surface area contributed by atoms with Gasteiger partial charge in [-0.25, -0.2) is 0 Å². The minimum Gasteiger partial charge on any atom is -0.0617 e. The number of benzene rings is 1. The summed E-state index contributed by atoms with van der Waals surface area (Å²) in [6.07, 6.45) is 6.69. The molecule has 0 saturated heterocycles. The summed E-state index contributed by atoms with van der Waals surface area (Å²) < 4.78 is 0. The van der Waals surface area contributed by atoms with Crippen LogP contribution in [-0.2, 0) is 18.3 Å². The third kappa shape index (κ3) is 2.25. The molecule has 2 bridgehead atoms. The van der Waals surface area contributed by atoms with E-state index in [1.165, 1.54) is 32.1 Å². The van der Waals surface area contributed by atoms with Crippen molar-refractivity contribution in [2.24, 2.45) is 0 Å². The predicted molar refractivity (Wildman–Crippen MR) is 66.4 cm³/mol. The fourth-order valence-corrected chi connectivity index (χ4v) is 2.84. The van der Waals surface area contributed by atoms with Crippen LogP contribution in [0.1, 0.15) is 56.7 Å². The van der Waals surface area contributed by atoms with E-state index in [9.17, 15) is 0 Å². The van der Waals surface area contributed by atoms with E-state index >= 15 is 0 Å². The summed E-state index contributed by atoms with van der Waals surface area (Å²) >= 11 is 0. The van der Waals surface area contributed by atoms with Crippen molar-refractivity contribution >= 4 is 0 Å². The Morgan fingerprint density at radius 1 is 0.867 bits per heavy atom. The Balaban J connectivity index is 2.52. The minimum atomic E-state index is 0.309. The molecule has 0 atom stereocenters. The van der Waals surface area contributed by atoms with Crippen molar-refractivity contribution in [3.8, 4) is 0 Å². The summed E-state index contributed by atoms with van der Waals surface area (Å²) in [6.45, 7) is 7.03. The molecule has 15 heavy (non-hydrogen) atoms. The lowest BCUT2D eigenvalue weighted by atomic mass is 9.77. The summed E-state index contributed by atoms with van der Waals surface area (Å²) in [4.78, 5) is 0. The normalized spacial score (nSPS) is 17.0. The second-order valence-electron chi connectivity index (χ2n) is 5.76. The first-order valence-electron chi connectivity index (χ1n) is 6.20. The lowest BCUT2D eigenvalue weighted by Crippen LogP contribution is -2.18. The molecule has 1 aliphatic rings. The van der Waals surface area contributed by atoms with Crippen LogP contribution in [0.3, 0.4) is 0 Å². The third-order valence-corrected chi connectivity index (χ3v) is 3.38. The van der Waals surface area contributed by atoms with Crippen LogP contribution in [0.5, 0.6) is 0 Å². The maximum Gasteiger partial charge on any atom is -0.0126 e. The molecule has 1 aromatic carbocycles. The van der Waals surface area contributed by atoms with E-state index in [2.05, 4.69) is 39.0 Å². The average molecular weight is 202 g/mol. The molecule has 0 heterocycles. The predicted octanol–water partition coefficient (Wildman–Crippen LogP) is 4.25. The van der Waals surface area contributed by atoms with E-state index < -0.39 is 0 Å². The van der Waals surface area contributed by atoms with E-state index in [0.717, 1.165) is 0 Å². The Morgan fingerprint density at radius 3 is 1.87 bits per heavy atom. The fourth-order valence-electron chi connectivity index (χ4n) is 2.84. The van der Waals surface area contributed by atoms with Crippen molar-refractivity contribution in [2.45, 2.75) is 58.3 Å². The second-order valence-corrected chi connectivity index (χ2v) is 5.76. The van der Waals surface area contributed by atoms with Crippen LogP contribution in [0.4, 0.5) is 0 Å². The molecule has 1 aliphatic carbocycles. The number of hydrogen-bond acceptors (Lipinski definition) is 0. The largest absolute Gasteiger partial charge is 0.0617 e. The fraction of sp³-hybridized carbons (Fsp3) is 0.600. The molecule has 0 heteroatoms. The standard InChI is InChI=1S/C15H22/c1-15(2,3)14-12-8-5-4-6-9-13(14)11-7-10-12/h7,10-11H,4-6,8-9H2,1-3H3. The van der Waals surface area contributed by atoms with Gasteiger partial charge in [-0.15, -0.1) is 0 Å².